The molecule has 0 saturated carbocycles. The molecule has 1 aliphatic rings. The maximum atomic E-state index is 11.0. The molecule has 1 aliphatic heterocycles. The smallest absolute Gasteiger partial charge is 0.335 e. The van der Waals surface area contributed by atoms with Gasteiger partial charge in [-0.25, -0.2) is 4.79 Å². The molecule has 1 atom stereocenters. The van der Waals surface area contributed by atoms with E-state index in [1.807, 2.05) is 0 Å². The predicted molar refractivity (Wildman–Crippen MR) is 136 cm³/mol. The normalized spacial score (nSPS) is 12.5. The highest BCUT2D eigenvalue weighted by molar-refractivity contribution is 5.87. The summed E-state index contributed by atoms with van der Waals surface area (Å²) >= 11 is 0. The van der Waals surface area contributed by atoms with Crippen LogP contribution in [0.5, 0.6) is 23.0 Å². The van der Waals surface area contributed by atoms with Gasteiger partial charge >= 0.3 is 5.97 Å². The van der Waals surface area contributed by atoms with E-state index in [0.29, 0.717) is 18.3 Å². The number of rotatable bonds is 18. The molecule has 1 unspecified atom stereocenters. The zero-order valence-corrected chi connectivity index (χ0v) is 20.8. The molecule has 2 aromatic rings. The van der Waals surface area contributed by atoms with Crippen LogP contribution in [-0.2, 0) is 0 Å². The average Bonchev–Trinajstić information content (AvgIpc) is 3.65. The summed E-state index contributed by atoms with van der Waals surface area (Å²) in [7, 11) is 0. The van der Waals surface area contributed by atoms with Crippen molar-refractivity contribution in [3.05, 3.63) is 47.5 Å². The number of fused-ring (bicyclic) bond motifs is 1. The van der Waals surface area contributed by atoms with Crippen LogP contribution in [0.15, 0.2) is 36.4 Å². The summed E-state index contributed by atoms with van der Waals surface area (Å²) in [6.07, 6.45) is 12.9. The maximum Gasteiger partial charge on any atom is 0.335 e. The first-order chi connectivity index (χ1) is 16.6. The number of carboxylic acids is 1. The molecule has 1 N–H and O–H groups in total. The summed E-state index contributed by atoms with van der Waals surface area (Å²) in [5, 5.41) is 9.02. The first-order valence-corrected chi connectivity index (χ1v) is 13.1. The third kappa shape index (κ3) is 7.96. The highest BCUT2D eigenvalue weighted by Crippen LogP contribution is 2.57. The first kappa shape index (κ1) is 25.9. The Bertz CT molecular complexity index is 890. The molecule has 0 fully saturated rings. The van der Waals surface area contributed by atoms with Gasteiger partial charge in [-0.2, -0.15) is 0 Å². The summed E-state index contributed by atoms with van der Waals surface area (Å²) in [6, 6.07) is 10.9. The molecule has 0 spiro atoms. The van der Waals surface area contributed by atoms with Gasteiger partial charge in [-0.1, -0.05) is 64.9 Å². The molecule has 0 bridgehead atoms. The van der Waals surface area contributed by atoms with Crippen LogP contribution in [0.25, 0.3) is 0 Å². The fourth-order valence-electron chi connectivity index (χ4n) is 4.38. The lowest BCUT2D eigenvalue weighted by molar-refractivity contribution is 0.0697. The molecule has 2 aromatic carbocycles. The van der Waals surface area contributed by atoms with Crippen molar-refractivity contribution < 1.29 is 24.1 Å². The van der Waals surface area contributed by atoms with E-state index in [1.165, 1.54) is 50.5 Å². The third-order valence-corrected chi connectivity index (χ3v) is 6.44. The Morgan fingerprint density at radius 3 is 2.18 bits per heavy atom. The number of carbonyl (C=O) groups is 1. The van der Waals surface area contributed by atoms with Crippen LogP contribution in [0, 0.1) is 0 Å². The Balaban J connectivity index is 1.52. The summed E-state index contributed by atoms with van der Waals surface area (Å²) in [6.45, 7) is 5.82. The van der Waals surface area contributed by atoms with Gasteiger partial charge in [-0.15, -0.1) is 0 Å². The summed E-state index contributed by atoms with van der Waals surface area (Å²) in [5.74, 6) is 3.07. The zero-order valence-electron chi connectivity index (χ0n) is 20.8. The minimum absolute atomic E-state index is 0.273. The molecule has 0 saturated heterocycles. The fourth-order valence-corrected chi connectivity index (χ4v) is 4.38. The van der Waals surface area contributed by atoms with Crippen LogP contribution in [-0.4, -0.2) is 24.3 Å². The summed E-state index contributed by atoms with van der Waals surface area (Å²) < 4.78 is 17.7. The van der Waals surface area contributed by atoms with Crippen molar-refractivity contribution in [2.24, 2.45) is 0 Å². The van der Waals surface area contributed by atoms with E-state index in [2.05, 4.69) is 26.0 Å². The number of hydrogen-bond donors (Lipinski definition) is 1. The van der Waals surface area contributed by atoms with Crippen LogP contribution in [0.4, 0.5) is 0 Å². The minimum Gasteiger partial charge on any atom is -0.494 e. The van der Waals surface area contributed by atoms with E-state index in [1.54, 1.807) is 24.3 Å². The zero-order chi connectivity index (χ0) is 24.2. The van der Waals surface area contributed by atoms with Crippen molar-refractivity contribution in [2.75, 3.05) is 13.2 Å². The SMILES string of the molecule is CCCCCCOc1ccc(C(CCCCCC)CCCOc2ccc(C(=O)O)cc2)c2c1O2. The first-order valence-electron chi connectivity index (χ1n) is 13.1. The number of unbranched alkanes of at least 4 members (excludes halogenated alkanes) is 6. The largest absolute Gasteiger partial charge is 0.494 e. The van der Waals surface area contributed by atoms with Crippen molar-refractivity contribution in [2.45, 2.75) is 90.4 Å². The van der Waals surface area contributed by atoms with Gasteiger partial charge in [0.25, 0.3) is 0 Å². The quantitative estimate of drug-likeness (QED) is 0.150. The molecule has 186 valence electrons. The topological polar surface area (TPSA) is 68.3 Å². The lowest BCUT2D eigenvalue weighted by atomic mass is 9.89. The van der Waals surface area contributed by atoms with Crippen LogP contribution < -0.4 is 14.2 Å². The lowest BCUT2D eigenvalue weighted by Crippen LogP contribution is -2.04. The fraction of sp³-hybridized carbons (Fsp3) is 0.552. The second-order valence-electron chi connectivity index (χ2n) is 9.19. The maximum absolute atomic E-state index is 11.0. The molecule has 5 heteroatoms. The summed E-state index contributed by atoms with van der Waals surface area (Å²) in [4.78, 5) is 11.0. The Hall–Kier alpha value is -2.69. The molecule has 5 nitrogen and oxygen atoms in total. The summed E-state index contributed by atoms with van der Waals surface area (Å²) in [5.41, 5.74) is 1.57. The van der Waals surface area contributed by atoms with Gasteiger partial charge in [0.15, 0.2) is 11.5 Å². The number of ether oxygens (including phenoxy) is 3. The Kier molecular flexibility index (Phi) is 10.6. The van der Waals surface area contributed by atoms with Crippen molar-refractivity contribution in [1.29, 1.82) is 0 Å². The van der Waals surface area contributed by atoms with Gasteiger partial charge in [0.05, 0.1) is 18.8 Å². The van der Waals surface area contributed by atoms with E-state index < -0.39 is 5.97 Å². The van der Waals surface area contributed by atoms with Gasteiger partial charge in [0.1, 0.15) is 5.75 Å². The molecular formula is C29H40O5. The van der Waals surface area contributed by atoms with Gasteiger partial charge < -0.3 is 19.3 Å². The van der Waals surface area contributed by atoms with Crippen molar-refractivity contribution in [3.8, 4) is 23.0 Å². The van der Waals surface area contributed by atoms with Crippen molar-refractivity contribution in [3.63, 3.8) is 0 Å². The van der Waals surface area contributed by atoms with Gasteiger partial charge in [0.2, 0.25) is 5.75 Å². The Morgan fingerprint density at radius 1 is 0.794 bits per heavy atom. The van der Waals surface area contributed by atoms with Crippen LogP contribution in [0.1, 0.15) is 106 Å². The van der Waals surface area contributed by atoms with Crippen LogP contribution >= 0.6 is 0 Å². The van der Waals surface area contributed by atoms with Gasteiger partial charge in [-0.3, -0.25) is 0 Å². The third-order valence-electron chi connectivity index (χ3n) is 6.44. The molecule has 3 rings (SSSR count). The van der Waals surface area contributed by atoms with E-state index in [9.17, 15) is 4.79 Å². The van der Waals surface area contributed by atoms with Gasteiger partial charge in [-0.05, 0) is 61.9 Å². The Morgan fingerprint density at radius 2 is 1.47 bits per heavy atom. The van der Waals surface area contributed by atoms with E-state index >= 15 is 0 Å². The molecule has 34 heavy (non-hydrogen) atoms. The molecule has 0 radical (unpaired) electrons. The second-order valence-corrected chi connectivity index (χ2v) is 9.19. The predicted octanol–water partition coefficient (Wildman–Crippen LogP) is 8.36. The number of hydrogen-bond acceptors (Lipinski definition) is 4. The number of benzene rings is 2. The van der Waals surface area contributed by atoms with E-state index in [4.69, 9.17) is 19.3 Å². The van der Waals surface area contributed by atoms with Gasteiger partial charge in [0, 0.05) is 5.56 Å². The molecule has 0 aromatic heterocycles. The van der Waals surface area contributed by atoms with E-state index in [0.717, 1.165) is 49.5 Å². The molecule has 0 aliphatic carbocycles. The standard InChI is InChI=1S/C29H40O5/c1-3-5-7-9-12-22(13-11-21-32-24-16-14-23(15-17-24)29(30)31)25-18-19-26(28-27(25)34-28)33-20-10-8-6-4-2/h14-19,22H,3-13,20-21H2,1-2H3,(H,30,31). The van der Waals surface area contributed by atoms with Crippen LogP contribution in [0.2, 0.25) is 0 Å². The van der Waals surface area contributed by atoms with E-state index in [-0.39, 0.29) is 5.56 Å². The monoisotopic (exact) mass is 468 g/mol. The van der Waals surface area contributed by atoms with Crippen LogP contribution in [0.3, 0.4) is 0 Å². The second kappa shape index (κ2) is 13.9. The minimum atomic E-state index is -0.923. The lowest BCUT2D eigenvalue weighted by Gasteiger charge is -2.17. The average molecular weight is 469 g/mol. The highest BCUT2D eigenvalue weighted by atomic mass is 16.6. The Labute approximate surface area is 204 Å². The van der Waals surface area contributed by atoms with Crippen molar-refractivity contribution in [1.82, 2.24) is 0 Å². The molecular weight excluding hydrogens is 428 g/mol. The van der Waals surface area contributed by atoms with Crippen molar-refractivity contribution >= 4 is 5.97 Å². The number of aromatic carboxylic acids is 1. The highest BCUT2D eigenvalue weighted by Gasteiger charge is 2.32. The number of carboxylic acid groups (broad SMARTS) is 1. The molecule has 1 heterocycles. The molecule has 0 amide bonds.